The SMILES string of the molecule is CCOC(=O)OC(C#N)CCCCCC#N. The zero-order valence-electron chi connectivity index (χ0n) is 9.44. The second-order valence-corrected chi connectivity index (χ2v) is 3.18. The molecule has 0 rings (SSSR count). The Bertz CT molecular complexity index is 278. The molecule has 0 aromatic carbocycles. The van der Waals surface area contributed by atoms with E-state index in [-0.39, 0.29) is 6.61 Å². The first-order chi connectivity index (χ1) is 7.74. The molecule has 0 radical (unpaired) electrons. The highest BCUT2D eigenvalue weighted by Crippen LogP contribution is 2.08. The summed E-state index contributed by atoms with van der Waals surface area (Å²) in [5, 5.41) is 17.0. The second-order valence-electron chi connectivity index (χ2n) is 3.18. The summed E-state index contributed by atoms with van der Waals surface area (Å²) in [6.07, 6.45) is 1.90. The molecule has 0 aliphatic carbocycles. The minimum Gasteiger partial charge on any atom is -0.435 e. The zero-order chi connectivity index (χ0) is 12.2. The number of unbranched alkanes of at least 4 members (excludes halogenated alkanes) is 3. The summed E-state index contributed by atoms with van der Waals surface area (Å²) in [7, 11) is 0. The van der Waals surface area contributed by atoms with E-state index in [4.69, 9.17) is 15.3 Å². The van der Waals surface area contributed by atoms with Gasteiger partial charge in [-0.3, -0.25) is 0 Å². The van der Waals surface area contributed by atoms with Gasteiger partial charge in [0.2, 0.25) is 0 Å². The van der Waals surface area contributed by atoms with E-state index in [0.717, 1.165) is 19.3 Å². The fourth-order valence-electron chi connectivity index (χ4n) is 1.13. The van der Waals surface area contributed by atoms with Crippen LogP contribution in [0.2, 0.25) is 0 Å². The summed E-state index contributed by atoms with van der Waals surface area (Å²) in [5.74, 6) is 0. The van der Waals surface area contributed by atoms with Gasteiger partial charge in [0.15, 0.2) is 6.10 Å². The van der Waals surface area contributed by atoms with Crippen LogP contribution in [0.25, 0.3) is 0 Å². The molecule has 5 nitrogen and oxygen atoms in total. The molecule has 1 unspecified atom stereocenters. The Morgan fingerprint density at radius 1 is 1.31 bits per heavy atom. The highest BCUT2D eigenvalue weighted by atomic mass is 16.7. The number of nitrogens with zero attached hydrogens (tertiary/aromatic N) is 2. The highest BCUT2D eigenvalue weighted by Gasteiger charge is 2.13. The first-order valence-electron chi connectivity index (χ1n) is 5.34. The Labute approximate surface area is 95.6 Å². The summed E-state index contributed by atoms with van der Waals surface area (Å²) < 4.78 is 9.32. The smallest absolute Gasteiger partial charge is 0.435 e. The maximum atomic E-state index is 10.9. The molecule has 0 saturated carbocycles. The molecule has 16 heavy (non-hydrogen) atoms. The van der Waals surface area contributed by atoms with Gasteiger partial charge in [0, 0.05) is 6.42 Å². The molecule has 0 aliphatic rings. The number of ether oxygens (including phenoxy) is 2. The van der Waals surface area contributed by atoms with Gasteiger partial charge in [0.05, 0.1) is 12.7 Å². The Morgan fingerprint density at radius 3 is 2.62 bits per heavy atom. The van der Waals surface area contributed by atoms with Crippen molar-refractivity contribution in [3.63, 3.8) is 0 Å². The molecule has 0 bridgehead atoms. The summed E-state index contributed by atoms with van der Waals surface area (Å²) in [4.78, 5) is 10.9. The van der Waals surface area contributed by atoms with Crippen molar-refractivity contribution in [1.82, 2.24) is 0 Å². The largest absolute Gasteiger partial charge is 0.509 e. The second kappa shape index (κ2) is 9.79. The van der Waals surface area contributed by atoms with Crippen molar-refractivity contribution in [3.8, 4) is 12.1 Å². The lowest BCUT2D eigenvalue weighted by atomic mass is 10.1. The Morgan fingerprint density at radius 2 is 2.06 bits per heavy atom. The third kappa shape index (κ3) is 7.64. The van der Waals surface area contributed by atoms with Crippen LogP contribution in [0.1, 0.15) is 39.0 Å². The Balaban J connectivity index is 3.64. The van der Waals surface area contributed by atoms with Gasteiger partial charge in [0.1, 0.15) is 6.07 Å². The van der Waals surface area contributed by atoms with Crippen LogP contribution in [0.5, 0.6) is 0 Å². The van der Waals surface area contributed by atoms with E-state index in [0.29, 0.717) is 12.8 Å². The van der Waals surface area contributed by atoms with Crippen molar-refractivity contribution in [2.24, 2.45) is 0 Å². The van der Waals surface area contributed by atoms with Gasteiger partial charge < -0.3 is 9.47 Å². The summed E-state index contributed by atoms with van der Waals surface area (Å²) in [5.41, 5.74) is 0. The van der Waals surface area contributed by atoms with Crippen LogP contribution in [0.3, 0.4) is 0 Å². The Hall–Kier alpha value is -1.75. The molecule has 88 valence electrons. The average molecular weight is 224 g/mol. The van der Waals surface area contributed by atoms with Crippen LogP contribution in [-0.4, -0.2) is 18.9 Å². The molecule has 0 spiro atoms. The molecule has 0 saturated heterocycles. The number of hydrogen-bond acceptors (Lipinski definition) is 5. The van der Waals surface area contributed by atoms with Gasteiger partial charge in [-0.05, 0) is 26.2 Å². The Kier molecular flexibility index (Phi) is 8.72. The summed E-state index contributed by atoms with van der Waals surface area (Å²) >= 11 is 0. The molecule has 0 amide bonds. The van der Waals surface area contributed by atoms with E-state index >= 15 is 0 Å². The molecule has 0 fully saturated rings. The quantitative estimate of drug-likeness (QED) is 0.490. The molecule has 0 aromatic heterocycles. The zero-order valence-corrected chi connectivity index (χ0v) is 9.44. The highest BCUT2D eigenvalue weighted by molar-refractivity contribution is 5.60. The topological polar surface area (TPSA) is 83.1 Å². The third-order valence-electron chi connectivity index (χ3n) is 1.90. The number of carbonyl (C=O) groups is 1. The minimum atomic E-state index is -0.800. The van der Waals surface area contributed by atoms with Crippen LogP contribution in [0.15, 0.2) is 0 Å². The molecule has 0 aliphatic heterocycles. The fourth-order valence-corrected chi connectivity index (χ4v) is 1.13. The monoisotopic (exact) mass is 224 g/mol. The summed E-state index contributed by atoms with van der Waals surface area (Å²) in [6, 6.07) is 3.94. The molecule has 0 N–H and O–H groups in total. The molecule has 5 heteroatoms. The van der Waals surface area contributed by atoms with Crippen molar-refractivity contribution in [2.45, 2.75) is 45.1 Å². The van der Waals surface area contributed by atoms with E-state index in [1.54, 1.807) is 6.92 Å². The van der Waals surface area contributed by atoms with Crippen molar-refractivity contribution in [2.75, 3.05) is 6.61 Å². The van der Waals surface area contributed by atoms with Gasteiger partial charge in [-0.15, -0.1) is 0 Å². The lowest BCUT2D eigenvalue weighted by molar-refractivity contribution is 0.0397. The first kappa shape index (κ1) is 14.2. The van der Waals surface area contributed by atoms with Crippen LogP contribution in [0.4, 0.5) is 4.79 Å². The van der Waals surface area contributed by atoms with E-state index in [1.807, 2.05) is 12.1 Å². The van der Waals surface area contributed by atoms with Gasteiger partial charge in [-0.2, -0.15) is 10.5 Å². The lowest BCUT2D eigenvalue weighted by Gasteiger charge is -2.09. The summed E-state index contributed by atoms with van der Waals surface area (Å²) in [6.45, 7) is 1.91. The molecule has 1 atom stereocenters. The van der Waals surface area contributed by atoms with E-state index < -0.39 is 12.3 Å². The van der Waals surface area contributed by atoms with Gasteiger partial charge in [0.25, 0.3) is 0 Å². The normalized spacial score (nSPS) is 10.9. The van der Waals surface area contributed by atoms with Crippen molar-refractivity contribution >= 4 is 6.16 Å². The predicted octanol–water partition coefficient (Wildman–Crippen LogP) is 2.53. The minimum absolute atomic E-state index is 0.235. The number of rotatable bonds is 7. The van der Waals surface area contributed by atoms with Gasteiger partial charge in [-0.1, -0.05) is 6.42 Å². The predicted molar refractivity (Wildman–Crippen MR) is 56.2 cm³/mol. The number of nitriles is 2. The molecular weight excluding hydrogens is 208 g/mol. The van der Waals surface area contributed by atoms with Crippen LogP contribution in [-0.2, 0) is 9.47 Å². The van der Waals surface area contributed by atoms with Crippen molar-refractivity contribution in [3.05, 3.63) is 0 Å². The molecule has 0 aromatic rings. The van der Waals surface area contributed by atoms with Crippen LogP contribution >= 0.6 is 0 Å². The number of hydrogen-bond donors (Lipinski definition) is 0. The fraction of sp³-hybridized carbons (Fsp3) is 0.727. The lowest BCUT2D eigenvalue weighted by Crippen LogP contribution is -2.17. The van der Waals surface area contributed by atoms with Crippen molar-refractivity contribution in [1.29, 1.82) is 10.5 Å². The van der Waals surface area contributed by atoms with E-state index in [9.17, 15) is 4.79 Å². The molecular formula is C11H16N2O3. The van der Waals surface area contributed by atoms with Gasteiger partial charge >= 0.3 is 6.16 Å². The average Bonchev–Trinajstić information content (AvgIpc) is 2.27. The maximum absolute atomic E-state index is 10.9. The maximum Gasteiger partial charge on any atom is 0.509 e. The first-order valence-corrected chi connectivity index (χ1v) is 5.34. The van der Waals surface area contributed by atoms with Crippen molar-refractivity contribution < 1.29 is 14.3 Å². The van der Waals surface area contributed by atoms with E-state index in [1.165, 1.54) is 0 Å². The number of carbonyl (C=O) groups excluding carboxylic acids is 1. The van der Waals surface area contributed by atoms with E-state index in [2.05, 4.69) is 4.74 Å². The standard InChI is InChI=1S/C11H16N2O3/c1-2-15-11(14)16-10(9-13)7-5-3-4-6-8-12/h10H,2-7H2,1H3. The molecule has 0 heterocycles. The van der Waals surface area contributed by atoms with Crippen LogP contribution < -0.4 is 0 Å². The van der Waals surface area contributed by atoms with Gasteiger partial charge in [-0.25, -0.2) is 4.79 Å². The van der Waals surface area contributed by atoms with Crippen LogP contribution in [0, 0.1) is 22.7 Å². The third-order valence-corrected chi connectivity index (χ3v) is 1.90.